The van der Waals surface area contributed by atoms with Gasteiger partial charge in [0.05, 0.1) is 5.57 Å². The Labute approximate surface area is 189 Å². The summed E-state index contributed by atoms with van der Waals surface area (Å²) in [7, 11) is 0. The number of benzene rings is 2. The van der Waals surface area contributed by atoms with Crippen molar-refractivity contribution in [3.8, 4) is 0 Å². The van der Waals surface area contributed by atoms with Gasteiger partial charge in [-0.05, 0) is 30.7 Å². The highest BCUT2D eigenvalue weighted by atomic mass is 19.1. The normalized spacial score (nSPS) is 27.0. The first-order valence-electron chi connectivity index (χ1n) is 11.0. The lowest BCUT2D eigenvalue weighted by molar-refractivity contribution is -0.312. The molecular weight excluding hydrogens is 429 g/mol. The maximum absolute atomic E-state index is 13.6. The van der Waals surface area contributed by atoms with E-state index in [0.29, 0.717) is 6.42 Å². The molecule has 2 aliphatic heterocycles. The van der Waals surface area contributed by atoms with E-state index in [1.807, 2.05) is 6.92 Å². The smallest absolute Gasteiger partial charge is 0.296 e. The van der Waals surface area contributed by atoms with Crippen molar-refractivity contribution in [3.05, 3.63) is 76.6 Å². The molecule has 33 heavy (non-hydrogen) atoms. The van der Waals surface area contributed by atoms with Gasteiger partial charge in [0.25, 0.3) is 17.5 Å². The third kappa shape index (κ3) is 2.54. The van der Waals surface area contributed by atoms with E-state index in [0.717, 1.165) is 36.3 Å². The predicted octanol–water partition coefficient (Wildman–Crippen LogP) is 2.29. The summed E-state index contributed by atoms with van der Waals surface area (Å²) in [5.74, 6) is -7.87. The number of ketones is 1. The molecule has 0 unspecified atom stereocenters. The van der Waals surface area contributed by atoms with Crippen molar-refractivity contribution >= 4 is 17.4 Å². The average molecular weight is 453 g/mol. The number of hydrogen-bond donors (Lipinski definition) is 3. The molecule has 1 spiro atoms. The first kappa shape index (κ1) is 21.8. The number of unbranched alkanes of at least 4 members (excludes halogenated alkanes) is 3. The highest BCUT2D eigenvalue weighted by molar-refractivity contribution is 6.48. The molecule has 7 nitrogen and oxygen atoms in total. The molecule has 1 amide bonds. The highest BCUT2D eigenvalue weighted by Gasteiger charge is 2.84. The molecule has 2 atom stereocenters. The Balaban J connectivity index is 1.77. The number of halogens is 1. The summed E-state index contributed by atoms with van der Waals surface area (Å²) in [6.45, 7) is 2.05. The second-order valence-corrected chi connectivity index (χ2v) is 8.73. The molecule has 8 heteroatoms. The summed E-state index contributed by atoms with van der Waals surface area (Å²) in [6, 6.07) is 11.0. The molecule has 0 radical (unpaired) electrons. The summed E-state index contributed by atoms with van der Waals surface area (Å²) in [5.41, 5.74) is -2.41. The minimum Gasteiger partial charge on any atom is -0.454 e. The standard InChI is InChI=1S/C25H24FNO6/c1-2-3-4-7-14-27-22(29)20(28)19-21(15-10-12-16(26)13-11-15)33-25(32)18-9-6-5-8-17(18)24(30,31)23(19,25)27/h5-6,8-13,30-32H,2-4,7,14H2,1H3/t23-,25-/m1/s1. The van der Waals surface area contributed by atoms with E-state index >= 15 is 0 Å². The minimum atomic E-state index is -2.82. The fourth-order valence-electron chi connectivity index (χ4n) is 5.47. The predicted molar refractivity (Wildman–Crippen MR) is 114 cm³/mol. The van der Waals surface area contributed by atoms with Crippen molar-refractivity contribution in [2.75, 3.05) is 6.54 Å². The SMILES string of the molecule is CCCCCCN1C(=O)C(=O)C2=C(c3ccc(F)cc3)O[C@]3(O)c4ccccc4C(O)(O)[C@@]213. The first-order chi connectivity index (χ1) is 15.7. The Kier molecular flexibility index (Phi) is 4.76. The van der Waals surface area contributed by atoms with Gasteiger partial charge in [-0.15, -0.1) is 0 Å². The van der Waals surface area contributed by atoms with Gasteiger partial charge in [-0.1, -0.05) is 50.5 Å². The van der Waals surface area contributed by atoms with Crippen LogP contribution in [-0.4, -0.2) is 44.0 Å². The van der Waals surface area contributed by atoms with Crippen molar-refractivity contribution in [2.24, 2.45) is 0 Å². The number of Topliss-reactive ketones (excluding diaryl/α,β-unsaturated/α-hetero) is 1. The van der Waals surface area contributed by atoms with E-state index in [4.69, 9.17) is 4.74 Å². The van der Waals surface area contributed by atoms with Crippen LogP contribution in [0.5, 0.6) is 0 Å². The molecule has 2 aromatic rings. The van der Waals surface area contributed by atoms with E-state index in [-0.39, 0.29) is 34.6 Å². The third-order valence-corrected chi connectivity index (χ3v) is 6.91. The van der Waals surface area contributed by atoms with Crippen molar-refractivity contribution in [1.29, 1.82) is 0 Å². The Hall–Kier alpha value is -3.07. The van der Waals surface area contributed by atoms with Gasteiger partial charge in [0.1, 0.15) is 11.6 Å². The van der Waals surface area contributed by atoms with Crippen LogP contribution in [0.1, 0.15) is 49.3 Å². The molecule has 3 N–H and O–H groups in total. The lowest BCUT2D eigenvalue weighted by Crippen LogP contribution is -2.66. The molecule has 1 saturated heterocycles. The fourth-order valence-corrected chi connectivity index (χ4v) is 5.47. The van der Waals surface area contributed by atoms with Crippen LogP contribution < -0.4 is 0 Å². The quantitative estimate of drug-likeness (QED) is 0.352. The van der Waals surface area contributed by atoms with E-state index in [1.165, 1.54) is 24.3 Å². The monoisotopic (exact) mass is 453 g/mol. The maximum Gasteiger partial charge on any atom is 0.296 e. The number of carbonyl (C=O) groups excluding carboxylic acids is 2. The Morgan fingerprint density at radius 1 is 0.939 bits per heavy atom. The molecule has 0 saturated carbocycles. The van der Waals surface area contributed by atoms with Gasteiger partial charge >= 0.3 is 0 Å². The number of nitrogens with zero attached hydrogens (tertiary/aromatic N) is 1. The molecule has 1 fully saturated rings. The molecule has 2 aromatic carbocycles. The van der Waals surface area contributed by atoms with Crippen LogP contribution in [0.3, 0.4) is 0 Å². The number of carbonyl (C=O) groups is 2. The van der Waals surface area contributed by atoms with E-state index in [9.17, 15) is 29.3 Å². The number of amides is 1. The van der Waals surface area contributed by atoms with Crippen LogP contribution in [0.4, 0.5) is 4.39 Å². The third-order valence-electron chi connectivity index (χ3n) is 6.91. The summed E-state index contributed by atoms with van der Waals surface area (Å²) in [6.07, 6.45) is 3.10. The zero-order valence-electron chi connectivity index (χ0n) is 18.0. The second kappa shape index (κ2) is 7.21. The summed E-state index contributed by atoms with van der Waals surface area (Å²) in [4.78, 5) is 27.6. The van der Waals surface area contributed by atoms with Gasteiger partial charge in [0.2, 0.25) is 11.3 Å². The van der Waals surface area contributed by atoms with Gasteiger partial charge in [-0.3, -0.25) is 9.59 Å². The number of aliphatic hydroxyl groups is 3. The van der Waals surface area contributed by atoms with Gasteiger partial charge in [-0.25, -0.2) is 4.39 Å². The van der Waals surface area contributed by atoms with Crippen LogP contribution in [-0.2, 0) is 25.9 Å². The number of fused-ring (bicyclic) bond motifs is 2. The van der Waals surface area contributed by atoms with E-state index in [2.05, 4.69) is 0 Å². The molecule has 0 aromatic heterocycles. The van der Waals surface area contributed by atoms with Gasteiger partial charge in [0, 0.05) is 23.2 Å². The molecule has 1 aliphatic carbocycles. The van der Waals surface area contributed by atoms with Crippen LogP contribution in [0.2, 0.25) is 0 Å². The fraction of sp³-hybridized carbons (Fsp3) is 0.360. The molecule has 3 aliphatic rings. The number of rotatable bonds is 6. The Bertz CT molecular complexity index is 1190. The highest BCUT2D eigenvalue weighted by Crippen LogP contribution is 2.67. The van der Waals surface area contributed by atoms with Crippen molar-refractivity contribution in [2.45, 2.75) is 49.7 Å². The van der Waals surface area contributed by atoms with Crippen LogP contribution in [0.15, 0.2) is 54.1 Å². The number of hydrogen-bond acceptors (Lipinski definition) is 6. The van der Waals surface area contributed by atoms with Gasteiger partial charge in [0.15, 0.2) is 0 Å². The molecule has 0 bridgehead atoms. The lowest BCUT2D eigenvalue weighted by Gasteiger charge is -2.45. The molecule has 172 valence electrons. The minimum absolute atomic E-state index is 0.0211. The average Bonchev–Trinajstić information content (AvgIpc) is 3.27. The summed E-state index contributed by atoms with van der Waals surface area (Å²) < 4.78 is 19.5. The van der Waals surface area contributed by atoms with E-state index < -0.39 is 34.6 Å². The number of ether oxygens (including phenoxy) is 1. The van der Waals surface area contributed by atoms with Crippen molar-refractivity contribution in [1.82, 2.24) is 4.90 Å². The summed E-state index contributed by atoms with van der Waals surface area (Å²) >= 11 is 0. The maximum atomic E-state index is 13.6. The zero-order valence-corrected chi connectivity index (χ0v) is 18.0. The Morgan fingerprint density at radius 2 is 1.61 bits per heavy atom. The lowest BCUT2D eigenvalue weighted by atomic mass is 9.78. The van der Waals surface area contributed by atoms with Gasteiger partial charge in [-0.2, -0.15) is 0 Å². The largest absolute Gasteiger partial charge is 0.454 e. The Morgan fingerprint density at radius 3 is 2.27 bits per heavy atom. The van der Waals surface area contributed by atoms with Crippen molar-refractivity contribution in [3.63, 3.8) is 0 Å². The molecule has 5 rings (SSSR count). The number of likely N-dealkylation sites (tertiary alicyclic amines) is 1. The first-order valence-corrected chi connectivity index (χ1v) is 11.0. The van der Waals surface area contributed by atoms with Crippen LogP contribution in [0.25, 0.3) is 5.76 Å². The molecule has 2 heterocycles. The second-order valence-electron chi connectivity index (χ2n) is 8.73. The topological polar surface area (TPSA) is 107 Å². The van der Waals surface area contributed by atoms with E-state index in [1.54, 1.807) is 12.1 Å². The van der Waals surface area contributed by atoms with Gasteiger partial charge < -0.3 is 25.0 Å². The molecular formula is C25H24FNO6. The van der Waals surface area contributed by atoms with Crippen LogP contribution in [0, 0.1) is 5.82 Å². The van der Waals surface area contributed by atoms with Crippen LogP contribution >= 0.6 is 0 Å². The zero-order chi connectivity index (χ0) is 23.6. The summed E-state index contributed by atoms with van der Waals surface area (Å²) in [5, 5.41) is 35.0. The van der Waals surface area contributed by atoms with Crippen molar-refractivity contribution < 1.29 is 34.0 Å².